The van der Waals surface area contributed by atoms with E-state index in [2.05, 4.69) is 5.32 Å². The number of ether oxygens (including phenoxy) is 4. The highest BCUT2D eigenvalue weighted by molar-refractivity contribution is 7.89. The number of hydrogen-bond acceptors (Lipinski definition) is 9. The Hall–Kier alpha value is -4.66. The van der Waals surface area contributed by atoms with Crippen LogP contribution < -0.4 is 24.3 Å². The Morgan fingerprint density at radius 2 is 1.66 bits per heavy atom. The lowest BCUT2D eigenvalue weighted by Crippen LogP contribution is -2.51. The SMILES string of the molecule is CC(C)CN(C[C@@H](O)[C@H](Cc1ccc(OCc2cc(F)cc(F)c2)cc1)NC(=O)Oc1ccoc1)S(=O)(=O)c1ccc2c(c1)OCO2. The molecule has 250 valence electrons. The maximum absolute atomic E-state index is 13.8. The monoisotopic (exact) mass is 672 g/mol. The van der Waals surface area contributed by atoms with Crippen LogP contribution in [0.2, 0.25) is 0 Å². The minimum Gasteiger partial charge on any atom is -0.489 e. The molecule has 0 spiro atoms. The Morgan fingerprint density at radius 3 is 2.34 bits per heavy atom. The second-order valence-corrected chi connectivity index (χ2v) is 13.3. The van der Waals surface area contributed by atoms with Gasteiger partial charge in [-0.2, -0.15) is 4.31 Å². The molecule has 4 aromatic rings. The van der Waals surface area contributed by atoms with Crippen molar-refractivity contribution in [2.24, 2.45) is 5.92 Å². The quantitative estimate of drug-likeness (QED) is 0.184. The van der Waals surface area contributed by atoms with Gasteiger partial charge in [0.05, 0.1) is 23.3 Å². The number of aliphatic hydroxyl groups is 1. The summed E-state index contributed by atoms with van der Waals surface area (Å²) in [6.07, 6.45) is 0.370. The predicted molar refractivity (Wildman–Crippen MR) is 165 cm³/mol. The number of amides is 1. The summed E-state index contributed by atoms with van der Waals surface area (Å²) in [6.45, 7) is 3.34. The smallest absolute Gasteiger partial charge is 0.413 e. The summed E-state index contributed by atoms with van der Waals surface area (Å²) in [6, 6.07) is 14.5. The van der Waals surface area contributed by atoms with Gasteiger partial charge in [0.2, 0.25) is 16.8 Å². The number of fused-ring (bicyclic) bond motifs is 1. The molecule has 0 bridgehead atoms. The molecule has 1 amide bonds. The Balaban J connectivity index is 1.32. The molecule has 2 N–H and O–H groups in total. The minimum atomic E-state index is -4.11. The molecule has 1 aliphatic heterocycles. The van der Waals surface area contributed by atoms with E-state index in [1.807, 2.05) is 13.8 Å². The zero-order chi connectivity index (χ0) is 33.6. The van der Waals surface area contributed by atoms with E-state index in [4.69, 9.17) is 23.4 Å². The van der Waals surface area contributed by atoms with Crippen molar-refractivity contribution < 1.29 is 50.5 Å². The van der Waals surface area contributed by atoms with Crippen LogP contribution in [0.4, 0.5) is 13.6 Å². The minimum absolute atomic E-state index is 0.0182. The van der Waals surface area contributed by atoms with E-state index in [1.54, 1.807) is 24.3 Å². The molecule has 5 rings (SSSR count). The number of nitrogens with one attached hydrogen (secondary N) is 1. The van der Waals surface area contributed by atoms with Gasteiger partial charge in [-0.3, -0.25) is 0 Å². The van der Waals surface area contributed by atoms with E-state index in [1.165, 1.54) is 53.2 Å². The maximum atomic E-state index is 13.8. The number of carbonyl (C=O) groups excluding carboxylic acids is 1. The highest BCUT2D eigenvalue weighted by Gasteiger charge is 2.32. The Kier molecular flexibility index (Phi) is 10.6. The lowest BCUT2D eigenvalue weighted by atomic mass is 10.0. The van der Waals surface area contributed by atoms with E-state index in [9.17, 15) is 27.1 Å². The molecule has 0 saturated carbocycles. The number of carbonyl (C=O) groups is 1. The normalized spacial score (nSPS) is 13.9. The fraction of sp³-hybridized carbons (Fsp3) is 0.303. The molecular formula is C33H34F2N2O9S. The molecule has 0 unspecified atom stereocenters. The van der Waals surface area contributed by atoms with Crippen molar-refractivity contribution in [2.45, 2.75) is 43.9 Å². The topological polar surface area (TPSA) is 137 Å². The third-order valence-electron chi connectivity index (χ3n) is 7.12. The molecular weight excluding hydrogens is 638 g/mol. The van der Waals surface area contributed by atoms with Gasteiger partial charge in [-0.15, -0.1) is 0 Å². The lowest BCUT2D eigenvalue weighted by Gasteiger charge is -2.30. The fourth-order valence-corrected chi connectivity index (χ4v) is 6.56. The molecule has 2 atom stereocenters. The largest absolute Gasteiger partial charge is 0.489 e. The number of furan rings is 1. The molecule has 1 aromatic heterocycles. The average Bonchev–Trinajstić information content (AvgIpc) is 3.71. The average molecular weight is 673 g/mol. The van der Waals surface area contributed by atoms with Crippen LogP contribution >= 0.6 is 0 Å². The van der Waals surface area contributed by atoms with Gasteiger partial charge in [0.1, 0.15) is 30.3 Å². The first-order chi connectivity index (χ1) is 22.5. The van der Waals surface area contributed by atoms with Crippen LogP contribution in [0.15, 0.2) is 88.6 Å². The zero-order valence-electron chi connectivity index (χ0n) is 25.6. The summed E-state index contributed by atoms with van der Waals surface area (Å²) >= 11 is 0. The fourth-order valence-electron chi connectivity index (χ4n) is 4.92. The third-order valence-corrected chi connectivity index (χ3v) is 8.95. The Morgan fingerprint density at radius 1 is 0.936 bits per heavy atom. The first kappa shape index (κ1) is 33.7. The van der Waals surface area contributed by atoms with Crippen LogP contribution in [0, 0.1) is 17.6 Å². The van der Waals surface area contributed by atoms with Crippen LogP contribution in [0.25, 0.3) is 0 Å². The summed E-state index contributed by atoms with van der Waals surface area (Å²) < 4.78 is 82.3. The maximum Gasteiger partial charge on any atom is 0.413 e. The summed E-state index contributed by atoms with van der Waals surface area (Å²) in [5.41, 5.74) is 0.979. The standard InChI is InChI=1S/C33H34F2N2O9S/c1-21(2)16-37(47(40,41)28-7-8-31-32(15-28)45-20-44-31)17-30(38)29(36-33(39)46-27-9-10-42-19-27)13-22-3-5-26(6-4-22)43-18-23-11-24(34)14-25(35)12-23/h3-12,14-15,19,21,29-30,38H,13,16-18,20H2,1-2H3,(H,36,39)/t29-,30+/m0/s1. The van der Waals surface area contributed by atoms with Gasteiger partial charge < -0.3 is 33.8 Å². The molecule has 47 heavy (non-hydrogen) atoms. The number of nitrogens with zero attached hydrogens (tertiary/aromatic N) is 1. The van der Waals surface area contributed by atoms with Gasteiger partial charge >= 0.3 is 6.09 Å². The van der Waals surface area contributed by atoms with Crippen molar-refractivity contribution >= 4 is 16.1 Å². The summed E-state index contributed by atoms with van der Waals surface area (Å²) in [7, 11) is -4.11. The molecule has 3 aromatic carbocycles. The van der Waals surface area contributed by atoms with E-state index in [-0.39, 0.29) is 49.5 Å². The zero-order valence-corrected chi connectivity index (χ0v) is 26.4. The first-order valence-electron chi connectivity index (χ1n) is 14.7. The number of benzene rings is 3. The van der Waals surface area contributed by atoms with E-state index < -0.39 is 39.9 Å². The van der Waals surface area contributed by atoms with E-state index in [0.717, 1.165) is 6.07 Å². The van der Waals surface area contributed by atoms with Gasteiger partial charge in [-0.1, -0.05) is 26.0 Å². The second-order valence-electron chi connectivity index (χ2n) is 11.3. The number of hydrogen-bond donors (Lipinski definition) is 2. The molecule has 2 heterocycles. The molecule has 0 fully saturated rings. The van der Waals surface area contributed by atoms with Gasteiger partial charge in [0, 0.05) is 31.3 Å². The number of sulfonamides is 1. The van der Waals surface area contributed by atoms with Gasteiger partial charge in [-0.25, -0.2) is 22.0 Å². The number of halogens is 2. The Bertz CT molecular complexity index is 1750. The molecule has 11 nitrogen and oxygen atoms in total. The number of aliphatic hydroxyl groups excluding tert-OH is 1. The van der Waals surface area contributed by atoms with E-state index in [0.29, 0.717) is 28.4 Å². The van der Waals surface area contributed by atoms with Crippen molar-refractivity contribution in [3.8, 4) is 23.0 Å². The predicted octanol–water partition coefficient (Wildman–Crippen LogP) is 5.27. The van der Waals surface area contributed by atoms with Gasteiger partial charge in [0.15, 0.2) is 17.2 Å². The first-order valence-corrected chi connectivity index (χ1v) is 16.2. The summed E-state index contributed by atoms with van der Waals surface area (Å²) in [5.74, 6) is -0.230. The highest BCUT2D eigenvalue weighted by atomic mass is 32.2. The van der Waals surface area contributed by atoms with Crippen molar-refractivity contribution in [1.29, 1.82) is 0 Å². The lowest BCUT2D eigenvalue weighted by molar-refractivity contribution is 0.0991. The van der Waals surface area contributed by atoms with Crippen LogP contribution in [0.5, 0.6) is 23.0 Å². The molecule has 1 aliphatic rings. The van der Waals surface area contributed by atoms with Crippen molar-refractivity contribution in [3.63, 3.8) is 0 Å². The summed E-state index contributed by atoms with van der Waals surface area (Å²) in [5, 5.41) is 14.1. The van der Waals surface area contributed by atoms with E-state index >= 15 is 0 Å². The van der Waals surface area contributed by atoms with Crippen LogP contribution in [-0.2, 0) is 23.1 Å². The van der Waals surface area contributed by atoms with Crippen LogP contribution in [0.3, 0.4) is 0 Å². The van der Waals surface area contributed by atoms with Crippen LogP contribution in [0.1, 0.15) is 25.0 Å². The second kappa shape index (κ2) is 14.8. The van der Waals surface area contributed by atoms with Crippen LogP contribution in [-0.4, -0.2) is 56.0 Å². The van der Waals surface area contributed by atoms with Gasteiger partial charge in [-0.05, 0) is 59.9 Å². The molecule has 0 radical (unpaired) electrons. The number of rotatable bonds is 14. The molecule has 0 aliphatic carbocycles. The van der Waals surface area contributed by atoms with Crippen molar-refractivity contribution in [3.05, 3.63) is 102 Å². The van der Waals surface area contributed by atoms with Crippen molar-refractivity contribution in [1.82, 2.24) is 9.62 Å². The molecule has 0 saturated heterocycles. The highest BCUT2D eigenvalue weighted by Crippen LogP contribution is 2.35. The Labute approximate surface area is 270 Å². The van der Waals surface area contributed by atoms with Crippen molar-refractivity contribution in [2.75, 3.05) is 19.9 Å². The summed E-state index contributed by atoms with van der Waals surface area (Å²) in [4.78, 5) is 12.8. The molecule has 14 heteroatoms. The third kappa shape index (κ3) is 8.99. The van der Waals surface area contributed by atoms with Gasteiger partial charge in [0.25, 0.3) is 0 Å².